The number of rotatable bonds is 5. The Morgan fingerprint density at radius 2 is 0.645 bits per heavy atom. The second-order valence-electron chi connectivity index (χ2n) is 16.6. The van der Waals surface area contributed by atoms with Crippen LogP contribution in [0.25, 0.3) is 101 Å². The van der Waals surface area contributed by atoms with E-state index in [1.165, 1.54) is 0 Å². The van der Waals surface area contributed by atoms with Crippen molar-refractivity contribution >= 4 is 44.4 Å². The van der Waals surface area contributed by atoms with Crippen LogP contribution in [0.2, 0.25) is 0 Å². The fourth-order valence-electron chi connectivity index (χ4n) is 7.77. The first-order chi connectivity index (χ1) is 35.1. The minimum absolute atomic E-state index is 0. The van der Waals surface area contributed by atoms with Crippen LogP contribution < -0.4 is 0 Å². The molecule has 0 aliphatic carbocycles. The topological polar surface area (TPSA) is 185 Å². The summed E-state index contributed by atoms with van der Waals surface area (Å²) in [6, 6.07) is 63.3. The molecule has 0 atom stereocenters. The maximum atomic E-state index is 10.3. The smallest absolute Gasteiger partial charge is 0.231 e. The van der Waals surface area contributed by atoms with Crippen LogP contribution in [0.15, 0.2) is 224 Å². The zero-order valence-electron chi connectivity index (χ0n) is 41.7. The van der Waals surface area contributed by atoms with Crippen LogP contribution in [-0.4, -0.2) is 40.4 Å². The van der Waals surface area contributed by atoms with Gasteiger partial charge in [-0.15, -0.1) is 0 Å². The van der Waals surface area contributed by atoms with Gasteiger partial charge in [-0.1, -0.05) is 115 Å². The van der Waals surface area contributed by atoms with E-state index in [0.29, 0.717) is 51.4 Å². The van der Waals surface area contributed by atoms with Crippen LogP contribution in [0.5, 0.6) is 23.0 Å². The molecular formula is C60H44N4O8Zn4. The first kappa shape index (κ1) is 57.8. The molecule has 0 saturated heterocycles. The number of hydrogen-bond donors (Lipinski definition) is 4. The number of aromatic nitrogens is 4. The average molecular weight is 1210 g/mol. The predicted octanol–water partition coefficient (Wildman–Crippen LogP) is 15.1. The largest absolute Gasteiger partial charge is 0.507 e. The molecule has 13 aromatic rings. The third kappa shape index (κ3) is 13.3. The van der Waals surface area contributed by atoms with Gasteiger partial charge in [0.05, 0.1) is 22.3 Å². The predicted molar refractivity (Wildman–Crippen MR) is 279 cm³/mol. The van der Waals surface area contributed by atoms with Crippen LogP contribution in [0.4, 0.5) is 0 Å². The number of nitrogens with zero attached hydrogens (tertiary/aromatic N) is 4. The number of oxazole rings is 4. The van der Waals surface area contributed by atoms with Gasteiger partial charge in [0.25, 0.3) is 0 Å². The van der Waals surface area contributed by atoms with Crippen molar-refractivity contribution in [1.29, 1.82) is 0 Å². The number of aryl methyl sites for hydroxylation is 2. The zero-order chi connectivity index (χ0) is 49.6. The first-order valence-corrected chi connectivity index (χ1v) is 22.8. The molecule has 0 bridgehead atoms. The molecular weight excluding hydrogens is 1170 g/mol. The molecule has 0 aliphatic heterocycles. The van der Waals surface area contributed by atoms with E-state index in [-0.39, 0.29) is 101 Å². The van der Waals surface area contributed by atoms with Gasteiger partial charge in [-0.2, -0.15) is 0 Å². The number of para-hydroxylation sites is 8. The molecule has 13 rings (SSSR count). The molecule has 76 heavy (non-hydrogen) atoms. The van der Waals surface area contributed by atoms with Gasteiger partial charge in [0.2, 0.25) is 23.6 Å². The van der Waals surface area contributed by atoms with E-state index in [1.54, 1.807) is 48.5 Å². The summed E-state index contributed by atoms with van der Waals surface area (Å²) in [6.07, 6.45) is 0. The third-order valence-electron chi connectivity index (χ3n) is 11.4. The average Bonchev–Trinajstić information content (AvgIpc) is 4.23. The van der Waals surface area contributed by atoms with Gasteiger partial charge < -0.3 is 38.1 Å². The molecule has 0 unspecified atom stereocenters. The Morgan fingerprint density at radius 3 is 1.12 bits per heavy atom. The van der Waals surface area contributed by atoms with Crippen molar-refractivity contribution in [3.63, 3.8) is 0 Å². The number of benzene rings is 9. The second-order valence-corrected chi connectivity index (χ2v) is 16.6. The van der Waals surface area contributed by atoms with E-state index < -0.39 is 0 Å². The van der Waals surface area contributed by atoms with E-state index in [2.05, 4.69) is 19.9 Å². The number of phenols is 4. The second kappa shape index (κ2) is 26.4. The molecule has 16 heteroatoms. The molecule has 4 heterocycles. The van der Waals surface area contributed by atoms with E-state index in [9.17, 15) is 20.4 Å². The summed E-state index contributed by atoms with van der Waals surface area (Å²) in [5, 5.41) is 39.6. The molecule has 0 radical (unpaired) electrons. The molecule has 0 saturated carbocycles. The van der Waals surface area contributed by atoms with Crippen LogP contribution in [0.1, 0.15) is 11.1 Å². The van der Waals surface area contributed by atoms with Gasteiger partial charge in [-0.05, 0) is 128 Å². The summed E-state index contributed by atoms with van der Waals surface area (Å²) in [5.41, 5.74) is 12.7. The SMILES string of the molecule is Cc1ccc(O)c(-c2nc3ccccc3o2)c1.Cc1ccc2oc(-c3ccccc3O)nc2c1.Oc1cc(-c2ccccc2)ccc1-c1nc2ccccc2o1.Oc1ccccc1-c1nc2ccccc2o1.[Zn].[Zn].[Zn].[Zn]. The van der Waals surface area contributed by atoms with Gasteiger partial charge >= 0.3 is 0 Å². The number of hydrogen-bond acceptors (Lipinski definition) is 12. The molecule has 4 N–H and O–H groups in total. The molecule has 0 fully saturated rings. The monoisotopic (exact) mass is 1200 g/mol. The quantitative estimate of drug-likeness (QED) is 0.120. The molecule has 0 amide bonds. The summed E-state index contributed by atoms with van der Waals surface area (Å²) >= 11 is 0. The van der Waals surface area contributed by atoms with Crippen LogP contribution in [0.3, 0.4) is 0 Å². The Morgan fingerprint density at radius 1 is 0.276 bits per heavy atom. The summed E-state index contributed by atoms with van der Waals surface area (Å²) in [4.78, 5) is 17.5. The number of phenolic OH excluding ortho intramolecular Hbond substituents is 4. The Balaban J connectivity index is 0.000000163. The zero-order valence-corrected chi connectivity index (χ0v) is 53.5. The van der Waals surface area contributed by atoms with Crippen molar-refractivity contribution < 1.29 is 116 Å². The Labute approximate surface area is 487 Å². The van der Waals surface area contributed by atoms with Gasteiger partial charge in [-0.25, -0.2) is 19.9 Å². The summed E-state index contributed by atoms with van der Waals surface area (Å²) in [5.74, 6) is 2.47. The standard InChI is InChI=1S/C19H13NO2.2C14H11NO2.C13H9NO2.4Zn/c21-17-12-14(13-6-2-1-3-7-13)10-11-15(17)19-20-16-8-4-5-9-18(16)22-19;1-9-6-7-12(16)10(8-9)14-15-11-4-2-3-5-13(11)17-14;1-9-6-7-13-11(8-9)15-14(17-13)10-4-2-3-5-12(10)16;15-11-7-3-1-5-9(11)13-14-10-6-2-4-8-12(10)16-13;;;;/h1-12,21H;2*2-8,16H,1H3;1-8,15H;;;;. The molecule has 0 spiro atoms. The summed E-state index contributed by atoms with van der Waals surface area (Å²) in [6.45, 7) is 3.97. The Hall–Kier alpha value is -7.45. The Bertz CT molecular complexity index is 3910. The van der Waals surface area contributed by atoms with Gasteiger partial charge in [0.15, 0.2) is 22.3 Å². The summed E-state index contributed by atoms with van der Waals surface area (Å²) in [7, 11) is 0. The number of fused-ring (bicyclic) bond motifs is 4. The van der Waals surface area contributed by atoms with Crippen molar-refractivity contribution in [3.05, 3.63) is 217 Å². The fraction of sp³-hybridized carbons (Fsp3) is 0.0333. The normalized spacial score (nSPS) is 10.3. The molecule has 360 valence electrons. The van der Waals surface area contributed by atoms with Crippen molar-refractivity contribution in [1.82, 2.24) is 19.9 Å². The number of aromatic hydroxyl groups is 4. The maximum Gasteiger partial charge on any atom is 0.231 e. The Kier molecular flexibility index (Phi) is 20.1. The van der Waals surface area contributed by atoms with Crippen LogP contribution in [0, 0.1) is 13.8 Å². The van der Waals surface area contributed by atoms with E-state index in [4.69, 9.17) is 17.7 Å². The minimum atomic E-state index is 0. The van der Waals surface area contributed by atoms with Gasteiger partial charge in [0.1, 0.15) is 45.1 Å². The van der Waals surface area contributed by atoms with Gasteiger partial charge in [-0.3, -0.25) is 0 Å². The maximum absolute atomic E-state index is 10.3. The van der Waals surface area contributed by atoms with E-state index in [1.807, 2.05) is 172 Å². The van der Waals surface area contributed by atoms with Crippen molar-refractivity contribution in [2.24, 2.45) is 0 Å². The summed E-state index contributed by atoms with van der Waals surface area (Å²) < 4.78 is 22.5. The third-order valence-corrected chi connectivity index (χ3v) is 11.4. The van der Waals surface area contributed by atoms with Crippen molar-refractivity contribution in [2.75, 3.05) is 0 Å². The van der Waals surface area contributed by atoms with Crippen LogP contribution in [-0.2, 0) is 77.9 Å². The molecule has 12 nitrogen and oxygen atoms in total. The van der Waals surface area contributed by atoms with Crippen LogP contribution >= 0.6 is 0 Å². The van der Waals surface area contributed by atoms with Crippen molar-refractivity contribution in [3.8, 4) is 79.9 Å². The minimum Gasteiger partial charge on any atom is -0.507 e. The molecule has 0 aliphatic rings. The van der Waals surface area contributed by atoms with E-state index >= 15 is 0 Å². The van der Waals surface area contributed by atoms with Crippen molar-refractivity contribution in [2.45, 2.75) is 13.8 Å². The molecule has 9 aromatic carbocycles. The first-order valence-electron chi connectivity index (χ1n) is 22.8. The fourth-order valence-corrected chi connectivity index (χ4v) is 7.77. The van der Waals surface area contributed by atoms with E-state index in [0.717, 1.165) is 61.1 Å². The molecule has 4 aromatic heterocycles. The van der Waals surface area contributed by atoms with Gasteiger partial charge in [0, 0.05) is 77.9 Å².